The summed E-state index contributed by atoms with van der Waals surface area (Å²) in [6.07, 6.45) is 4.77. The number of anilines is 1. The van der Waals surface area contributed by atoms with Gasteiger partial charge < -0.3 is 5.32 Å². The van der Waals surface area contributed by atoms with Gasteiger partial charge in [-0.05, 0) is 61.2 Å². The third-order valence-electron chi connectivity index (χ3n) is 4.06. The first-order chi connectivity index (χ1) is 12.0. The number of halogens is 3. The Balaban J connectivity index is 1.74. The maximum Gasteiger partial charge on any atom is 0.257 e. The Morgan fingerprint density at radius 3 is 2.44 bits per heavy atom. The summed E-state index contributed by atoms with van der Waals surface area (Å²) >= 11 is 13.9. The van der Waals surface area contributed by atoms with Gasteiger partial charge in [-0.25, -0.2) is 4.39 Å². The van der Waals surface area contributed by atoms with E-state index in [2.05, 4.69) is 10.0 Å². The zero-order chi connectivity index (χ0) is 17.8. The van der Waals surface area contributed by atoms with Crippen molar-refractivity contribution < 1.29 is 9.18 Å². The van der Waals surface area contributed by atoms with Crippen LogP contribution in [0.5, 0.6) is 0 Å². The Kier molecular flexibility index (Phi) is 6.23. The molecule has 1 aliphatic carbocycles. The van der Waals surface area contributed by atoms with Crippen molar-refractivity contribution in [3.8, 4) is 0 Å². The van der Waals surface area contributed by atoms with Crippen LogP contribution in [0.4, 0.5) is 10.1 Å². The van der Waals surface area contributed by atoms with E-state index in [-0.39, 0.29) is 16.7 Å². The van der Waals surface area contributed by atoms with Gasteiger partial charge in [-0.2, -0.15) is 0 Å². The first-order valence-corrected chi connectivity index (χ1v) is 9.58. The van der Waals surface area contributed by atoms with Crippen molar-refractivity contribution >= 4 is 46.7 Å². The normalized spacial score (nSPS) is 14.7. The van der Waals surface area contributed by atoms with E-state index in [1.807, 2.05) is 0 Å². The summed E-state index contributed by atoms with van der Waals surface area (Å²) in [5.74, 6) is -0.727. The fourth-order valence-electron chi connectivity index (χ4n) is 2.70. The highest BCUT2D eigenvalue weighted by molar-refractivity contribution is 7.97. The monoisotopic (exact) mass is 398 g/mol. The van der Waals surface area contributed by atoms with Crippen LogP contribution in [0.25, 0.3) is 0 Å². The third kappa shape index (κ3) is 4.88. The SMILES string of the molecule is O=C(Nc1ccc(F)cc1)c1cc(SNC2CCCC2)c(Cl)cc1Cl. The molecule has 1 amide bonds. The molecule has 0 radical (unpaired) electrons. The number of hydrogen-bond donors (Lipinski definition) is 2. The standard InChI is InChI=1S/C18H17Cl2FN2OS/c19-15-10-16(20)17(25-23-13-3-1-2-4-13)9-14(15)18(24)22-12-7-5-11(21)6-8-12/h5-10,13,23H,1-4H2,(H,22,24). The second kappa shape index (κ2) is 8.41. The lowest BCUT2D eigenvalue weighted by molar-refractivity contribution is 0.102. The molecule has 0 aromatic heterocycles. The van der Waals surface area contributed by atoms with Crippen molar-refractivity contribution in [2.24, 2.45) is 0 Å². The smallest absolute Gasteiger partial charge is 0.257 e. The lowest BCUT2D eigenvalue weighted by Crippen LogP contribution is -2.18. The van der Waals surface area contributed by atoms with Crippen molar-refractivity contribution in [1.82, 2.24) is 4.72 Å². The van der Waals surface area contributed by atoms with Crippen molar-refractivity contribution in [2.45, 2.75) is 36.6 Å². The Morgan fingerprint density at radius 1 is 1.08 bits per heavy atom. The number of hydrogen-bond acceptors (Lipinski definition) is 3. The van der Waals surface area contributed by atoms with Crippen molar-refractivity contribution in [1.29, 1.82) is 0 Å². The molecule has 0 aliphatic heterocycles. The number of amides is 1. The van der Waals surface area contributed by atoms with Crippen LogP contribution in [-0.4, -0.2) is 11.9 Å². The number of benzene rings is 2. The highest BCUT2D eigenvalue weighted by Crippen LogP contribution is 2.33. The zero-order valence-electron chi connectivity index (χ0n) is 13.3. The summed E-state index contributed by atoms with van der Waals surface area (Å²) in [6.45, 7) is 0. The van der Waals surface area contributed by atoms with Crippen LogP contribution in [-0.2, 0) is 0 Å². The molecule has 2 aromatic rings. The minimum atomic E-state index is -0.365. The molecule has 1 fully saturated rings. The number of nitrogens with one attached hydrogen (secondary N) is 2. The van der Waals surface area contributed by atoms with Gasteiger partial charge in [0.05, 0.1) is 15.6 Å². The van der Waals surface area contributed by atoms with E-state index in [0.29, 0.717) is 22.3 Å². The maximum absolute atomic E-state index is 13.0. The van der Waals surface area contributed by atoms with Crippen molar-refractivity contribution in [3.05, 3.63) is 57.8 Å². The summed E-state index contributed by atoms with van der Waals surface area (Å²) in [7, 11) is 0. The molecule has 1 aliphatic rings. The fraction of sp³-hybridized carbons (Fsp3) is 0.278. The van der Waals surface area contributed by atoms with E-state index in [9.17, 15) is 9.18 Å². The minimum Gasteiger partial charge on any atom is -0.322 e. The molecule has 0 heterocycles. The Bertz CT molecular complexity index is 764. The Labute approximate surface area is 160 Å². The number of rotatable bonds is 5. The highest BCUT2D eigenvalue weighted by Gasteiger charge is 2.18. The predicted octanol–water partition coefficient (Wildman–Crippen LogP) is 5.92. The van der Waals surface area contributed by atoms with E-state index in [0.717, 1.165) is 17.7 Å². The van der Waals surface area contributed by atoms with E-state index >= 15 is 0 Å². The Morgan fingerprint density at radius 2 is 1.76 bits per heavy atom. The molecule has 7 heteroatoms. The molecule has 0 spiro atoms. The molecule has 2 N–H and O–H groups in total. The summed E-state index contributed by atoms with van der Waals surface area (Å²) in [5.41, 5.74) is 0.821. The summed E-state index contributed by atoms with van der Waals surface area (Å²) in [5, 5.41) is 3.48. The van der Waals surface area contributed by atoms with Crippen LogP contribution in [0, 0.1) is 5.82 Å². The van der Waals surface area contributed by atoms with E-state index in [1.54, 1.807) is 12.1 Å². The van der Waals surface area contributed by atoms with Gasteiger partial charge in [0.25, 0.3) is 5.91 Å². The molecule has 0 saturated heterocycles. The average Bonchev–Trinajstić information content (AvgIpc) is 3.09. The third-order valence-corrected chi connectivity index (χ3v) is 5.81. The molecule has 0 atom stereocenters. The quantitative estimate of drug-likeness (QED) is 0.613. The molecule has 3 nitrogen and oxygen atoms in total. The first-order valence-electron chi connectivity index (χ1n) is 8.01. The van der Waals surface area contributed by atoms with Gasteiger partial charge in [0.1, 0.15) is 5.82 Å². The molecule has 132 valence electrons. The van der Waals surface area contributed by atoms with Gasteiger partial charge in [0, 0.05) is 16.6 Å². The summed E-state index contributed by atoms with van der Waals surface area (Å²) < 4.78 is 16.4. The van der Waals surface area contributed by atoms with Gasteiger partial charge in [-0.3, -0.25) is 9.52 Å². The average molecular weight is 399 g/mol. The number of carbonyl (C=O) groups is 1. The van der Waals surface area contributed by atoms with E-state index in [4.69, 9.17) is 23.2 Å². The molecular formula is C18H17Cl2FN2OS. The van der Waals surface area contributed by atoms with Crippen LogP contribution >= 0.6 is 35.1 Å². The van der Waals surface area contributed by atoms with Crippen LogP contribution in [0.1, 0.15) is 36.0 Å². The molecule has 3 rings (SSSR count). The van der Waals surface area contributed by atoms with Gasteiger partial charge in [0.15, 0.2) is 0 Å². The van der Waals surface area contributed by atoms with Crippen LogP contribution in [0.15, 0.2) is 41.3 Å². The summed E-state index contributed by atoms with van der Waals surface area (Å²) in [4.78, 5) is 13.2. The topological polar surface area (TPSA) is 41.1 Å². The number of carbonyl (C=O) groups excluding carboxylic acids is 1. The van der Waals surface area contributed by atoms with E-state index in [1.165, 1.54) is 49.1 Å². The largest absolute Gasteiger partial charge is 0.322 e. The van der Waals surface area contributed by atoms with Crippen LogP contribution in [0.2, 0.25) is 10.0 Å². The lowest BCUT2D eigenvalue weighted by atomic mass is 10.2. The van der Waals surface area contributed by atoms with Gasteiger partial charge >= 0.3 is 0 Å². The van der Waals surface area contributed by atoms with Gasteiger partial charge in [0.2, 0.25) is 0 Å². The molecule has 1 saturated carbocycles. The van der Waals surface area contributed by atoms with Crippen LogP contribution in [0.3, 0.4) is 0 Å². The molecule has 0 bridgehead atoms. The lowest BCUT2D eigenvalue weighted by Gasteiger charge is -2.14. The molecule has 0 unspecified atom stereocenters. The second-order valence-electron chi connectivity index (χ2n) is 5.92. The second-order valence-corrected chi connectivity index (χ2v) is 7.62. The molecular weight excluding hydrogens is 382 g/mol. The molecule has 2 aromatic carbocycles. The van der Waals surface area contributed by atoms with E-state index < -0.39 is 0 Å². The van der Waals surface area contributed by atoms with Gasteiger partial charge in [-0.15, -0.1) is 0 Å². The first kappa shape index (κ1) is 18.5. The molecule has 25 heavy (non-hydrogen) atoms. The van der Waals surface area contributed by atoms with Gasteiger partial charge in [-0.1, -0.05) is 36.0 Å². The van der Waals surface area contributed by atoms with Crippen molar-refractivity contribution in [3.63, 3.8) is 0 Å². The zero-order valence-corrected chi connectivity index (χ0v) is 15.6. The van der Waals surface area contributed by atoms with Crippen molar-refractivity contribution in [2.75, 3.05) is 5.32 Å². The summed E-state index contributed by atoms with van der Waals surface area (Å²) in [6, 6.07) is 9.27. The fourth-order valence-corrected chi connectivity index (χ4v) is 4.15. The Hall–Kier alpha value is -1.27. The van der Waals surface area contributed by atoms with Crippen LogP contribution < -0.4 is 10.0 Å². The maximum atomic E-state index is 13.0. The highest BCUT2D eigenvalue weighted by atomic mass is 35.5. The minimum absolute atomic E-state index is 0.273. The predicted molar refractivity (Wildman–Crippen MR) is 102 cm³/mol.